The lowest BCUT2D eigenvalue weighted by Crippen LogP contribution is -2.06. The minimum atomic E-state index is -0.509. The molecular formula is C13H17Cl3O4. The summed E-state index contributed by atoms with van der Waals surface area (Å²) in [5.41, 5.74) is 0.789. The smallest absolute Gasteiger partial charge is 0.333 e. The Hall–Kier alpha value is -1.10. The SMILES string of the molecule is C=C(C)C(=O)Cl.C=C(C)C(=O)OCCCl.C=CC(=O)Cl. The lowest BCUT2D eigenvalue weighted by Gasteiger charge is -1.98. The number of esters is 1. The molecule has 0 atom stereocenters. The summed E-state index contributed by atoms with van der Waals surface area (Å²) in [5.74, 6) is -0.0467. The van der Waals surface area contributed by atoms with Gasteiger partial charge in [0.1, 0.15) is 6.61 Å². The quantitative estimate of drug-likeness (QED) is 0.331. The topological polar surface area (TPSA) is 60.4 Å². The maximum atomic E-state index is 10.5. The molecule has 0 fully saturated rings. The molecule has 0 aromatic carbocycles. The van der Waals surface area contributed by atoms with Crippen LogP contribution < -0.4 is 0 Å². The Balaban J connectivity index is -0.000000230. The molecular weight excluding hydrogens is 326 g/mol. The fourth-order valence-corrected chi connectivity index (χ4v) is 0.332. The molecule has 0 unspecified atom stereocenters. The summed E-state index contributed by atoms with van der Waals surface area (Å²) in [4.78, 5) is 29.8. The van der Waals surface area contributed by atoms with Crippen molar-refractivity contribution in [3.63, 3.8) is 0 Å². The molecule has 0 amide bonds. The van der Waals surface area contributed by atoms with Crippen molar-refractivity contribution in [1.82, 2.24) is 0 Å². The Morgan fingerprint density at radius 3 is 1.60 bits per heavy atom. The third-order valence-corrected chi connectivity index (χ3v) is 1.79. The molecule has 0 aromatic heterocycles. The van der Waals surface area contributed by atoms with Gasteiger partial charge in [-0.15, -0.1) is 11.6 Å². The molecule has 0 N–H and O–H groups in total. The number of carbonyl (C=O) groups is 3. The minimum absolute atomic E-state index is 0.257. The maximum absolute atomic E-state index is 10.5. The fourth-order valence-electron chi connectivity index (χ4n) is 0.254. The van der Waals surface area contributed by atoms with Crippen LogP contribution in [0.4, 0.5) is 0 Å². The Labute approximate surface area is 134 Å². The molecule has 20 heavy (non-hydrogen) atoms. The Morgan fingerprint density at radius 1 is 1.10 bits per heavy atom. The van der Waals surface area contributed by atoms with Gasteiger partial charge in [0.2, 0.25) is 10.5 Å². The molecule has 0 saturated heterocycles. The summed E-state index contributed by atoms with van der Waals surface area (Å²) in [6, 6.07) is 0. The molecule has 0 saturated carbocycles. The number of allylic oxidation sites excluding steroid dienone is 2. The molecule has 0 aliphatic rings. The van der Waals surface area contributed by atoms with Crippen LogP contribution in [0.15, 0.2) is 37.0 Å². The highest BCUT2D eigenvalue weighted by Gasteiger charge is 1.99. The van der Waals surface area contributed by atoms with Gasteiger partial charge in [0.15, 0.2) is 0 Å². The molecule has 4 nitrogen and oxygen atoms in total. The van der Waals surface area contributed by atoms with Crippen molar-refractivity contribution in [2.24, 2.45) is 0 Å². The van der Waals surface area contributed by atoms with Crippen molar-refractivity contribution in [3.05, 3.63) is 37.0 Å². The van der Waals surface area contributed by atoms with Crippen molar-refractivity contribution in [2.45, 2.75) is 13.8 Å². The van der Waals surface area contributed by atoms with E-state index in [9.17, 15) is 14.4 Å². The van der Waals surface area contributed by atoms with Gasteiger partial charge in [-0.3, -0.25) is 9.59 Å². The van der Waals surface area contributed by atoms with Gasteiger partial charge in [-0.25, -0.2) is 4.79 Å². The van der Waals surface area contributed by atoms with Crippen LogP contribution in [0.5, 0.6) is 0 Å². The number of rotatable bonds is 5. The van der Waals surface area contributed by atoms with Crippen LogP contribution in [0.3, 0.4) is 0 Å². The largest absolute Gasteiger partial charge is 0.461 e. The number of alkyl halides is 1. The van der Waals surface area contributed by atoms with Gasteiger partial charge < -0.3 is 4.74 Å². The van der Waals surface area contributed by atoms with Crippen LogP contribution >= 0.6 is 34.8 Å². The van der Waals surface area contributed by atoms with Crippen LogP contribution in [-0.4, -0.2) is 28.9 Å². The lowest BCUT2D eigenvalue weighted by molar-refractivity contribution is -0.138. The monoisotopic (exact) mass is 342 g/mol. The first kappa shape index (κ1) is 24.0. The summed E-state index contributed by atoms with van der Waals surface area (Å²) in [5, 5.41) is -0.972. The summed E-state index contributed by atoms with van der Waals surface area (Å²) >= 11 is 14.8. The van der Waals surface area contributed by atoms with E-state index in [1.807, 2.05) is 0 Å². The number of hydrogen-bond acceptors (Lipinski definition) is 4. The number of halogens is 3. The molecule has 0 aliphatic carbocycles. The number of carbonyl (C=O) groups excluding carboxylic acids is 3. The molecule has 7 heteroatoms. The molecule has 0 rings (SSSR count). The van der Waals surface area contributed by atoms with E-state index in [0.29, 0.717) is 17.0 Å². The maximum Gasteiger partial charge on any atom is 0.333 e. The summed E-state index contributed by atoms with van der Waals surface area (Å²) in [6.07, 6.45) is 1.04. The van der Waals surface area contributed by atoms with Gasteiger partial charge in [-0.05, 0) is 43.1 Å². The minimum Gasteiger partial charge on any atom is -0.461 e. The summed E-state index contributed by atoms with van der Waals surface area (Å²) in [6.45, 7) is 13.2. The van der Waals surface area contributed by atoms with E-state index < -0.39 is 10.5 Å². The van der Waals surface area contributed by atoms with Gasteiger partial charge in [-0.1, -0.05) is 19.7 Å². The zero-order valence-electron chi connectivity index (χ0n) is 11.4. The van der Waals surface area contributed by atoms with Crippen molar-refractivity contribution < 1.29 is 19.1 Å². The molecule has 0 aromatic rings. The van der Waals surface area contributed by atoms with Crippen LogP contribution in [0, 0.1) is 0 Å². The highest BCUT2D eigenvalue weighted by Crippen LogP contribution is 1.91. The second kappa shape index (κ2) is 16.0. The van der Waals surface area contributed by atoms with Crippen molar-refractivity contribution in [2.75, 3.05) is 12.5 Å². The highest BCUT2D eigenvalue weighted by atomic mass is 35.5. The first-order valence-corrected chi connectivity index (χ1v) is 6.44. The van der Waals surface area contributed by atoms with Gasteiger partial charge in [0.25, 0.3) is 0 Å². The van der Waals surface area contributed by atoms with Gasteiger partial charge in [0.05, 0.1) is 5.88 Å². The predicted octanol–water partition coefficient (Wildman–Crippen LogP) is 3.61. The molecule has 114 valence electrons. The van der Waals surface area contributed by atoms with Gasteiger partial charge in [-0.2, -0.15) is 0 Å². The Morgan fingerprint density at radius 2 is 1.45 bits per heavy atom. The molecule has 0 radical (unpaired) electrons. The van der Waals surface area contributed by atoms with E-state index in [0.717, 1.165) is 6.08 Å². The van der Waals surface area contributed by atoms with E-state index in [1.54, 1.807) is 13.8 Å². The standard InChI is InChI=1S/C6H9ClO2.C4H5ClO.C3H3ClO/c1-5(2)6(8)9-4-3-7;1-3(2)4(5)6;1-2-3(4)5/h1,3-4H2,2H3;1H2,2H3;2H,1H2. The van der Waals surface area contributed by atoms with Crippen molar-refractivity contribution >= 4 is 51.3 Å². The highest BCUT2D eigenvalue weighted by molar-refractivity contribution is 6.67. The first-order valence-electron chi connectivity index (χ1n) is 5.15. The summed E-state index contributed by atoms with van der Waals surface area (Å²) in [7, 11) is 0. The third kappa shape index (κ3) is 25.7. The first-order chi connectivity index (χ1) is 9.09. The third-order valence-electron chi connectivity index (χ3n) is 1.15. The molecule has 0 aliphatic heterocycles. The van der Waals surface area contributed by atoms with Crippen LogP contribution in [0.2, 0.25) is 0 Å². The molecule has 0 heterocycles. The zero-order chi connectivity index (χ0) is 16.7. The second-order valence-corrected chi connectivity index (χ2v) is 4.26. The van der Waals surface area contributed by atoms with Crippen molar-refractivity contribution in [3.8, 4) is 0 Å². The van der Waals surface area contributed by atoms with E-state index in [1.165, 1.54) is 0 Å². The van der Waals surface area contributed by atoms with Gasteiger partial charge in [0, 0.05) is 11.1 Å². The number of ether oxygens (including phenoxy) is 1. The average Bonchev–Trinajstić information content (AvgIpc) is 2.36. The Bertz CT molecular complexity index is 364. The van der Waals surface area contributed by atoms with E-state index >= 15 is 0 Å². The fraction of sp³-hybridized carbons (Fsp3) is 0.308. The van der Waals surface area contributed by atoms with Gasteiger partial charge >= 0.3 is 5.97 Å². The van der Waals surface area contributed by atoms with Crippen LogP contribution in [0.1, 0.15) is 13.8 Å². The zero-order valence-corrected chi connectivity index (χ0v) is 13.6. The van der Waals surface area contributed by atoms with Crippen molar-refractivity contribution in [1.29, 1.82) is 0 Å². The van der Waals surface area contributed by atoms with E-state index in [4.69, 9.17) is 34.8 Å². The molecule has 0 spiro atoms. The summed E-state index contributed by atoms with van der Waals surface area (Å²) < 4.78 is 4.58. The normalized spacial score (nSPS) is 7.85. The molecule has 0 bridgehead atoms. The number of hydrogen-bond donors (Lipinski definition) is 0. The predicted molar refractivity (Wildman–Crippen MR) is 83.2 cm³/mol. The van der Waals surface area contributed by atoms with Crippen LogP contribution in [0.25, 0.3) is 0 Å². The van der Waals surface area contributed by atoms with Crippen LogP contribution in [-0.2, 0) is 19.1 Å². The lowest BCUT2D eigenvalue weighted by atomic mass is 10.4. The van der Waals surface area contributed by atoms with E-state index in [-0.39, 0.29) is 12.6 Å². The second-order valence-electron chi connectivity index (χ2n) is 3.17. The Kier molecular flexibility index (Phi) is 19.1. The van der Waals surface area contributed by atoms with E-state index in [2.05, 4.69) is 24.5 Å². The average molecular weight is 344 g/mol.